The third-order valence-electron chi connectivity index (χ3n) is 2.73. The van der Waals surface area contributed by atoms with Gasteiger partial charge < -0.3 is 10.1 Å². The van der Waals surface area contributed by atoms with Crippen molar-refractivity contribution >= 4 is 23.3 Å². The average molecular weight is 292 g/mol. The molecule has 1 aromatic carbocycles. The van der Waals surface area contributed by atoms with Crippen molar-refractivity contribution in [2.75, 3.05) is 11.9 Å². The monoisotopic (exact) mass is 292 g/mol. The molecule has 0 aliphatic heterocycles. The molecule has 0 bridgehead atoms. The molecule has 1 aromatic rings. The summed E-state index contributed by atoms with van der Waals surface area (Å²) in [6.07, 6.45) is 2.65. The summed E-state index contributed by atoms with van der Waals surface area (Å²) in [7, 11) is 0. The number of nitro benzene ring substituents is 1. The predicted octanol–water partition coefficient (Wildman–Crippen LogP) is 2.27. The smallest absolute Gasteiger partial charge is 0.330 e. The number of hydrogen-bond donors (Lipinski definition) is 1. The molecule has 1 rings (SSSR count). The number of rotatable bonds is 5. The van der Waals surface area contributed by atoms with Crippen molar-refractivity contribution in [2.24, 2.45) is 0 Å². The second-order valence-electron chi connectivity index (χ2n) is 4.37. The maximum Gasteiger partial charge on any atom is 0.330 e. The molecule has 0 saturated heterocycles. The molecule has 0 saturated carbocycles. The molecule has 7 heteroatoms. The van der Waals surface area contributed by atoms with E-state index in [1.54, 1.807) is 20.8 Å². The maximum atomic E-state index is 11.7. The van der Waals surface area contributed by atoms with Crippen LogP contribution in [0.2, 0.25) is 0 Å². The van der Waals surface area contributed by atoms with Gasteiger partial charge in [0.1, 0.15) is 5.69 Å². The van der Waals surface area contributed by atoms with Crippen molar-refractivity contribution in [1.29, 1.82) is 0 Å². The van der Waals surface area contributed by atoms with E-state index in [1.807, 2.05) is 0 Å². The van der Waals surface area contributed by atoms with Gasteiger partial charge in [-0.25, -0.2) is 4.79 Å². The molecule has 0 spiro atoms. The number of allylic oxidation sites excluding steroid dienone is 1. The highest BCUT2D eigenvalue weighted by Crippen LogP contribution is 2.27. The summed E-state index contributed by atoms with van der Waals surface area (Å²) in [5.41, 5.74) is 1.43. The number of benzene rings is 1. The fourth-order valence-electron chi connectivity index (χ4n) is 1.56. The highest BCUT2D eigenvalue weighted by atomic mass is 16.6. The quantitative estimate of drug-likeness (QED) is 0.388. The molecule has 0 heterocycles. The lowest BCUT2D eigenvalue weighted by molar-refractivity contribution is -0.384. The van der Waals surface area contributed by atoms with E-state index < -0.39 is 23.4 Å². The van der Waals surface area contributed by atoms with Gasteiger partial charge in [-0.05, 0) is 38.0 Å². The second-order valence-corrected chi connectivity index (χ2v) is 4.37. The molecule has 0 aliphatic rings. The summed E-state index contributed by atoms with van der Waals surface area (Å²) in [5.74, 6) is -1.29. The first-order valence-corrected chi connectivity index (χ1v) is 6.20. The molecule has 1 N–H and O–H groups in total. The number of nitro groups is 1. The Balaban J connectivity index is 2.82. The Labute approximate surface area is 121 Å². The van der Waals surface area contributed by atoms with Crippen LogP contribution in [0.5, 0.6) is 0 Å². The van der Waals surface area contributed by atoms with Gasteiger partial charge in [-0.2, -0.15) is 0 Å². The molecule has 1 amide bonds. The van der Waals surface area contributed by atoms with E-state index in [1.165, 1.54) is 24.3 Å². The fraction of sp³-hybridized carbons (Fsp3) is 0.286. The minimum Gasteiger partial charge on any atom is -0.452 e. The van der Waals surface area contributed by atoms with E-state index in [0.29, 0.717) is 0 Å². The lowest BCUT2D eigenvalue weighted by Gasteiger charge is -2.08. The van der Waals surface area contributed by atoms with Crippen LogP contribution in [0.1, 0.15) is 18.1 Å². The van der Waals surface area contributed by atoms with Gasteiger partial charge in [0.05, 0.1) is 4.92 Å². The minimum absolute atomic E-state index is 0.0789. The Morgan fingerprint density at radius 3 is 2.52 bits per heavy atom. The molecule has 0 atom stereocenters. The van der Waals surface area contributed by atoms with E-state index in [0.717, 1.165) is 11.1 Å². The minimum atomic E-state index is -0.651. The molecular weight excluding hydrogens is 276 g/mol. The van der Waals surface area contributed by atoms with Crippen LogP contribution in [0.15, 0.2) is 24.3 Å². The largest absolute Gasteiger partial charge is 0.452 e. The molecule has 112 valence electrons. The number of nitrogens with one attached hydrogen (secondary N) is 1. The SMILES string of the molecule is C/C=C/C(=O)OCC(=O)Nc1cc(C)c(C)cc1[N+](=O)[O-]. The first kappa shape index (κ1) is 16.4. The van der Waals surface area contributed by atoms with Gasteiger partial charge >= 0.3 is 5.97 Å². The highest BCUT2D eigenvalue weighted by molar-refractivity contribution is 5.95. The first-order valence-electron chi connectivity index (χ1n) is 6.20. The number of amides is 1. The maximum absolute atomic E-state index is 11.7. The Bertz CT molecular complexity index is 608. The van der Waals surface area contributed by atoms with Crippen LogP contribution in [0.25, 0.3) is 0 Å². The van der Waals surface area contributed by atoms with Crippen molar-refractivity contribution in [3.05, 3.63) is 45.5 Å². The molecule has 21 heavy (non-hydrogen) atoms. The van der Waals surface area contributed by atoms with Gasteiger partial charge in [-0.15, -0.1) is 0 Å². The topological polar surface area (TPSA) is 98.5 Å². The van der Waals surface area contributed by atoms with E-state index >= 15 is 0 Å². The second kappa shape index (κ2) is 7.18. The third kappa shape index (κ3) is 4.72. The Morgan fingerprint density at radius 1 is 1.33 bits per heavy atom. The van der Waals surface area contributed by atoms with E-state index in [4.69, 9.17) is 0 Å². The lowest BCUT2D eigenvalue weighted by Crippen LogP contribution is -2.20. The zero-order valence-corrected chi connectivity index (χ0v) is 12.0. The molecule has 7 nitrogen and oxygen atoms in total. The van der Waals surface area contributed by atoms with E-state index in [2.05, 4.69) is 10.1 Å². The van der Waals surface area contributed by atoms with Gasteiger partial charge in [0.25, 0.3) is 11.6 Å². The number of hydrogen-bond acceptors (Lipinski definition) is 5. The summed E-state index contributed by atoms with van der Waals surface area (Å²) < 4.78 is 4.66. The van der Waals surface area contributed by atoms with Crippen LogP contribution < -0.4 is 5.32 Å². The molecular formula is C14H16N2O5. The fourth-order valence-corrected chi connectivity index (χ4v) is 1.56. The lowest BCUT2D eigenvalue weighted by atomic mass is 10.1. The van der Waals surface area contributed by atoms with Crippen molar-refractivity contribution in [2.45, 2.75) is 20.8 Å². The average Bonchev–Trinajstić information content (AvgIpc) is 2.40. The molecule has 0 aliphatic carbocycles. The number of carbonyl (C=O) groups excluding carboxylic acids is 2. The summed E-state index contributed by atoms with van der Waals surface area (Å²) in [6.45, 7) is 4.65. The number of ether oxygens (including phenoxy) is 1. The van der Waals surface area contributed by atoms with E-state index in [9.17, 15) is 19.7 Å². The van der Waals surface area contributed by atoms with Crippen LogP contribution in [0, 0.1) is 24.0 Å². The van der Waals surface area contributed by atoms with E-state index in [-0.39, 0.29) is 11.4 Å². The number of nitrogens with zero attached hydrogens (tertiary/aromatic N) is 1. The molecule has 0 radical (unpaired) electrons. The Hall–Kier alpha value is -2.70. The van der Waals surface area contributed by atoms with Crippen molar-refractivity contribution in [3.8, 4) is 0 Å². The van der Waals surface area contributed by atoms with Crippen LogP contribution >= 0.6 is 0 Å². The zero-order chi connectivity index (χ0) is 16.0. The Kier molecular flexibility index (Phi) is 5.59. The number of esters is 1. The predicted molar refractivity (Wildman–Crippen MR) is 77.0 cm³/mol. The first-order chi connectivity index (χ1) is 9.85. The van der Waals surface area contributed by atoms with Crippen LogP contribution in [0.4, 0.5) is 11.4 Å². The van der Waals surface area contributed by atoms with Gasteiger partial charge in [-0.3, -0.25) is 14.9 Å². The Morgan fingerprint density at radius 2 is 1.95 bits per heavy atom. The number of aryl methyl sites for hydroxylation is 2. The van der Waals surface area contributed by atoms with Crippen molar-refractivity contribution in [3.63, 3.8) is 0 Å². The summed E-state index contributed by atoms with van der Waals surface area (Å²) in [6, 6.07) is 2.90. The van der Waals surface area contributed by atoms with Crippen LogP contribution in [-0.4, -0.2) is 23.4 Å². The molecule has 0 aromatic heterocycles. The highest BCUT2D eigenvalue weighted by Gasteiger charge is 2.18. The van der Waals surface area contributed by atoms with Gasteiger partial charge in [0.15, 0.2) is 6.61 Å². The van der Waals surface area contributed by atoms with Crippen LogP contribution in [-0.2, 0) is 14.3 Å². The normalized spacial score (nSPS) is 10.4. The summed E-state index contributed by atoms with van der Waals surface area (Å²) in [4.78, 5) is 33.1. The third-order valence-corrected chi connectivity index (χ3v) is 2.73. The van der Waals surface area contributed by atoms with Crippen molar-refractivity contribution < 1.29 is 19.2 Å². The van der Waals surface area contributed by atoms with Gasteiger partial charge in [-0.1, -0.05) is 6.08 Å². The molecule has 0 unspecified atom stereocenters. The van der Waals surface area contributed by atoms with Gasteiger partial charge in [0, 0.05) is 12.1 Å². The van der Waals surface area contributed by atoms with Crippen LogP contribution in [0.3, 0.4) is 0 Å². The zero-order valence-electron chi connectivity index (χ0n) is 12.0. The standard InChI is InChI=1S/C14H16N2O5/c1-4-5-14(18)21-8-13(17)15-11-6-9(2)10(3)7-12(11)16(19)20/h4-7H,8H2,1-3H3,(H,15,17)/b5-4+. The molecule has 0 fully saturated rings. The number of carbonyl (C=O) groups is 2. The summed E-state index contributed by atoms with van der Waals surface area (Å²) in [5, 5.41) is 13.4. The van der Waals surface area contributed by atoms with Gasteiger partial charge in [0.2, 0.25) is 0 Å². The summed E-state index contributed by atoms with van der Waals surface area (Å²) >= 11 is 0. The van der Waals surface area contributed by atoms with Crippen molar-refractivity contribution in [1.82, 2.24) is 0 Å². The number of anilines is 1.